The number of hydrogen-bond donors (Lipinski definition) is 1. The molecule has 20 heavy (non-hydrogen) atoms. The predicted octanol–water partition coefficient (Wildman–Crippen LogP) is 4.29. The van der Waals surface area contributed by atoms with Gasteiger partial charge in [-0.3, -0.25) is 0 Å². The summed E-state index contributed by atoms with van der Waals surface area (Å²) in [5.41, 5.74) is -0.661. The third-order valence-electron chi connectivity index (χ3n) is 2.47. The van der Waals surface area contributed by atoms with Gasteiger partial charge in [0, 0.05) is 5.54 Å². The fourth-order valence-corrected chi connectivity index (χ4v) is 1.51. The third kappa shape index (κ3) is 5.11. The Hall–Kier alpha value is -1.72. The number of amides is 1. The topological polar surface area (TPSA) is 38.3 Å². The molecule has 0 aliphatic carbocycles. The summed E-state index contributed by atoms with van der Waals surface area (Å²) in [6, 6.07) is 4.55. The molecule has 0 bridgehead atoms. The van der Waals surface area contributed by atoms with Crippen LogP contribution >= 0.6 is 0 Å². The van der Waals surface area contributed by atoms with Crippen molar-refractivity contribution in [2.75, 3.05) is 0 Å². The zero-order valence-corrected chi connectivity index (χ0v) is 11.8. The minimum absolute atomic E-state index is 0.434. The van der Waals surface area contributed by atoms with Gasteiger partial charge in [0.25, 0.3) is 0 Å². The molecule has 1 aromatic rings. The zero-order chi connectivity index (χ0) is 15.6. The highest BCUT2D eigenvalue weighted by atomic mass is 19.4. The number of carbonyl (C=O) groups excluding carboxylic acids is 1. The molecule has 1 aromatic carbocycles. The number of nitrogens with one attached hydrogen (secondary N) is 1. The number of hydrogen-bond acceptors (Lipinski definition) is 2. The Kier molecular flexibility index (Phi) is 4.68. The molecule has 0 aliphatic rings. The van der Waals surface area contributed by atoms with Crippen LogP contribution in [-0.2, 0) is 10.9 Å². The van der Waals surface area contributed by atoms with Crippen LogP contribution < -0.4 is 5.32 Å². The second kappa shape index (κ2) is 5.73. The van der Waals surface area contributed by atoms with Crippen molar-refractivity contribution in [2.24, 2.45) is 0 Å². The highest BCUT2D eigenvalue weighted by Crippen LogP contribution is 2.30. The van der Waals surface area contributed by atoms with Gasteiger partial charge < -0.3 is 10.1 Å². The summed E-state index contributed by atoms with van der Waals surface area (Å²) < 4.78 is 42.4. The van der Waals surface area contributed by atoms with Crippen LogP contribution in [0.1, 0.15) is 44.9 Å². The second-order valence-corrected chi connectivity index (χ2v) is 5.54. The molecule has 3 nitrogen and oxygen atoms in total. The van der Waals surface area contributed by atoms with Crippen molar-refractivity contribution in [1.29, 1.82) is 0 Å². The number of rotatable bonds is 2. The largest absolute Gasteiger partial charge is 0.442 e. The summed E-state index contributed by atoms with van der Waals surface area (Å²) >= 11 is 0. The number of alkyl carbamates (subject to hydrolysis) is 1. The van der Waals surface area contributed by atoms with E-state index >= 15 is 0 Å². The van der Waals surface area contributed by atoms with Crippen LogP contribution in [0.25, 0.3) is 0 Å². The maximum atomic E-state index is 12.4. The third-order valence-corrected chi connectivity index (χ3v) is 2.47. The average molecular weight is 289 g/mol. The van der Waals surface area contributed by atoms with E-state index in [0.717, 1.165) is 12.1 Å². The molecule has 112 valence electrons. The van der Waals surface area contributed by atoms with Gasteiger partial charge in [-0.15, -0.1) is 0 Å². The minimum Gasteiger partial charge on any atom is -0.442 e. The molecule has 0 aliphatic heterocycles. The van der Waals surface area contributed by atoms with Crippen LogP contribution in [0.5, 0.6) is 0 Å². The molecule has 0 saturated carbocycles. The van der Waals surface area contributed by atoms with Crippen molar-refractivity contribution >= 4 is 6.09 Å². The molecular formula is C14H18F3NO2. The lowest BCUT2D eigenvalue weighted by atomic mass is 10.1. The Labute approximate surface area is 116 Å². The van der Waals surface area contributed by atoms with E-state index < -0.39 is 29.5 Å². The second-order valence-electron chi connectivity index (χ2n) is 5.54. The highest BCUT2D eigenvalue weighted by Gasteiger charge is 2.30. The van der Waals surface area contributed by atoms with Crippen molar-refractivity contribution in [1.82, 2.24) is 5.32 Å². The van der Waals surface area contributed by atoms with Gasteiger partial charge >= 0.3 is 12.3 Å². The van der Waals surface area contributed by atoms with Gasteiger partial charge in [0.2, 0.25) is 0 Å². The van der Waals surface area contributed by atoms with Crippen molar-refractivity contribution in [2.45, 2.75) is 45.5 Å². The van der Waals surface area contributed by atoms with E-state index in [1.165, 1.54) is 12.1 Å². The summed E-state index contributed by atoms with van der Waals surface area (Å²) in [5, 5.41) is 2.61. The molecule has 0 saturated heterocycles. The maximum Gasteiger partial charge on any atom is 0.416 e. The van der Waals surface area contributed by atoms with Gasteiger partial charge in [-0.05, 0) is 45.4 Å². The Morgan fingerprint density at radius 3 is 2.05 bits per heavy atom. The fraction of sp³-hybridized carbons (Fsp3) is 0.500. The van der Waals surface area contributed by atoms with E-state index in [-0.39, 0.29) is 0 Å². The van der Waals surface area contributed by atoms with Gasteiger partial charge in [0.15, 0.2) is 0 Å². The summed E-state index contributed by atoms with van der Waals surface area (Å²) in [4.78, 5) is 11.6. The number of carbonyl (C=O) groups is 1. The molecule has 6 heteroatoms. The summed E-state index contributed by atoms with van der Waals surface area (Å²) in [5.74, 6) is 0. The smallest absolute Gasteiger partial charge is 0.416 e. The summed E-state index contributed by atoms with van der Waals surface area (Å²) in [6.07, 6.45) is -5.60. The first-order valence-electron chi connectivity index (χ1n) is 6.15. The quantitative estimate of drug-likeness (QED) is 0.882. The van der Waals surface area contributed by atoms with Crippen LogP contribution in [0.4, 0.5) is 18.0 Å². The Balaban J connectivity index is 2.69. The number of halogens is 3. The SMILES string of the molecule is C[C@@H](OC(=O)NC(C)(C)C)c1ccc(C(F)(F)F)cc1. The number of alkyl halides is 3. The first-order chi connectivity index (χ1) is 8.99. The van der Waals surface area contributed by atoms with Gasteiger partial charge in [-0.25, -0.2) is 4.79 Å². The standard InChI is InChI=1S/C14H18F3NO2/c1-9(20-12(19)18-13(2,3)4)10-5-7-11(8-6-10)14(15,16)17/h5-9H,1-4H3,(H,18,19)/t9-/m1/s1. The van der Waals surface area contributed by atoms with Crippen molar-refractivity contribution < 1.29 is 22.7 Å². The van der Waals surface area contributed by atoms with E-state index in [1.54, 1.807) is 27.7 Å². The Bertz CT molecular complexity index is 461. The summed E-state index contributed by atoms with van der Waals surface area (Å²) in [7, 11) is 0. The lowest BCUT2D eigenvalue weighted by Crippen LogP contribution is -2.41. The molecule has 0 heterocycles. The minimum atomic E-state index is -4.37. The van der Waals surface area contributed by atoms with Gasteiger partial charge in [-0.1, -0.05) is 12.1 Å². The lowest BCUT2D eigenvalue weighted by molar-refractivity contribution is -0.137. The van der Waals surface area contributed by atoms with E-state index in [9.17, 15) is 18.0 Å². The zero-order valence-electron chi connectivity index (χ0n) is 11.8. The molecule has 0 fully saturated rings. The van der Waals surface area contributed by atoms with Gasteiger partial charge in [0.1, 0.15) is 6.10 Å². The molecule has 1 rings (SSSR count). The van der Waals surface area contributed by atoms with E-state index in [0.29, 0.717) is 5.56 Å². The maximum absolute atomic E-state index is 12.4. The van der Waals surface area contributed by atoms with Crippen LogP contribution in [0, 0.1) is 0 Å². The van der Waals surface area contributed by atoms with Gasteiger partial charge in [-0.2, -0.15) is 13.2 Å². The molecule has 0 aromatic heterocycles. The van der Waals surface area contributed by atoms with E-state index in [1.807, 2.05) is 0 Å². The first kappa shape index (κ1) is 16.3. The Morgan fingerprint density at radius 1 is 1.15 bits per heavy atom. The average Bonchev–Trinajstić information content (AvgIpc) is 2.25. The molecule has 1 N–H and O–H groups in total. The normalized spacial score (nSPS) is 13.8. The van der Waals surface area contributed by atoms with Crippen LogP contribution in [0.2, 0.25) is 0 Å². The van der Waals surface area contributed by atoms with Crippen LogP contribution in [-0.4, -0.2) is 11.6 Å². The molecule has 0 radical (unpaired) electrons. The Morgan fingerprint density at radius 2 is 1.65 bits per heavy atom. The number of benzene rings is 1. The monoisotopic (exact) mass is 289 g/mol. The summed E-state index contributed by atoms with van der Waals surface area (Å²) in [6.45, 7) is 7.01. The van der Waals surface area contributed by atoms with Crippen molar-refractivity contribution in [3.05, 3.63) is 35.4 Å². The molecule has 0 unspecified atom stereocenters. The van der Waals surface area contributed by atoms with Gasteiger partial charge in [0.05, 0.1) is 5.56 Å². The molecular weight excluding hydrogens is 271 g/mol. The predicted molar refractivity (Wildman–Crippen MR) is 69.2 cm³/mol. The number of ether oxygens (including phenoxy) is 1. The van der Waals surface area contributed by atoms with Crippen molar-refractivity contribution in [3.8, 4) is 0 Å². The van der Waals surface area contributed by atoms with Crippen LogP contribution in [0.3, 0.4) is 0 Å². The van der Waals surface area contributed by atoms with Crippen LogP contribution in [0.15, 0.2) is 24.3 Å². The molecule has 0 spiro atoms. The fourth-order valence-electron chi connectivity index (χ4n) is 1.51. The molecule has 1 amide bonds. The van der Waals surface area contributed by atoms with E-state index in [2.05, 4.69) is 5.32 Å². The highest BCUT2D eigenvalue weighted by molar-refractivity contribution is 5.68. The van der Waals surface area contributed by atoms with Crippen molar-refractivity contribution in [3.63, 3.8) is 0 Å². The van der Waals surface area contributed by atoms with E-state index in [4.69, 9.17) is 4.74 Å². The lowest BCUT2D eigenvalue weighted by Gasteiger charge is -2.22. The molecule has 1 atom stereocenters. The first-order valence-corrected chi connectivity index (χ1v) is 6.15.